The van der Waals surface area contributed by atoms with Crippen molar-refractivity contribution in [2.75, 3.05) is 25.0 Å². The van der Waals surface area contributed by atoms with Crippen molar-refractivity contribution >= 4 is 27.2 Å². The van der Waals surface area contributed by atoms with Gasteiger partial charge in [0.15, 0.2) is 5.78 Å². The molecule has 1 saturated heterocycles. The fourth-order valence-corrected chi connectivity index (χ4v) is 4.78. The highest BCUT2D eigenvalue weighted by Gasteiger charge is 2.28. The number of Topliss-reactive ketones (excluding diaryl/α,β-unsaturated/α-hetero) is 1. The molecule has 154 valence electrons. The normalized spacial score (nSPS) is 15.8. The average Bonchev–Trinajstić information content (AvgIpc) is 2.72. The molecule has 0 aliphatic carbocycles. The van der Waals surface area contributed by atoms with E-state index < -0.39 is 14.9 Å². The van der Waals surface area contributed by atoms with Crippen LogP contribution in [0.5, 0.6) is 0 Å². The zero-order valence-corrected chi connectivity index (χ0v) is 16.9. The molecule has 0 saturated carbocycles. The largest absolute Gasteiger partial charge is 0.372 e. The maximum atomic E-state index is 12.9. The smallest absolute Gasteiger partial charge is 0.292 e. The number of nitro benzene ring substituents is 1. The average molecular weight is 417 g/mol. The number of benzene rings is 2. The number of hydrogen-bond donors (Lipinski definition) is 1. The molecule has 0 aromatic heterocycles. The number of ketones is 1. The van der Waals surface area contributed by atoms with Gasteiger partial charge in [0, 0.05) is 24.7 Å². The van der Waals surface area contributed by atoms with E-state index in [1.54, 1.807) is 18.2 Å². The van der Waals surface area contributed by atoms with Crippen LogP contribution in [-0.4, -0.2) is 43.1 Å². The van der Waals surface area contributed by atoms with Crippen molar-refractivity contribution in [2.45, 2.75) is 24.7 Å². The number of anilines is 1. The van der Waals surface area contributed by atoms with E-state index in [2.05, 4.69) is 12.2 Å². The molecule has 9 heteroatoms. The summed E-state index contributed by atoms with van der Waals surface area (Å²) < 4.78 is 27.2. The number of rotatable bonds is 7. The first-order valence-electron chi connectivity index (χ1n) is 9.40. The maximum absolute atomic E-state index is 12.9. The Bertz CT molecular complexity index is 1010. The van der Waals surface area contributed by atoms with Gasteiger partial charge >= 0.3 is 0 Å². The molecule has 1 N–H and O–H groups in total. The maximum Gasteiger partial charge on any atom is 0.292 e. The number of carbonyl (C=O) groups is 1. The minimum Gasteiger partial charge on any atom is -0.372 e. The van der Waals surface area contributed by atoms with Gasteiger partial charge in [-0.3, -0.25) is 14.9 Å². The highest BCUT2D eigenvalue weighted by Crippen LogP contribution is 2.25. The van der Waals surface area contributed by atoms with E-state index in [0.29, 0.717) is 19.0 Å². The van der Waals surface area contributed by atoms with Crippen LogP contribution in [0.2, 0.25) is 0 Å². The van der Waals surface area contributed by atoms with Crippen LogP contribution in [0.25, 0.3) is 0 Å². The van der Waals surface area contributed by atoms with Crippen molar-refractivity contribution in [3.05, 3.63) is 64.2 Å². The molecule has 1 fully saturated rings. The number of piperidine rings is 1. The van der Waals surface area contributed by atoms with E-state index in [-0.39, 0.29) is 34.2 Å². The van der Waals surface area contributed by atoms with Crippen molar-refractivity contribution in [2.24, 2.45) is 5.92 Å². The molecule has 0 radical (unpaired) electrons. The quantitative estimate of drug-likeness (QED) is 0.420. The molecule has 29 heavy (non-hydrogen) atoms. The van der Waals surface area contributed by atoms with E-state index in [9.17, 15) is 23.3 Å². The summed E-state index contributed by atoms with van der Waals surface area (Å²) in [6, 6.07) is 12.0. The zero-order valence-electron chi connectivity index (χ0n) is 16.1. The predicted octanol–water partition coefficient (Wildman–Crippen LogP) is 3.31. The second kappa shape index (κ2) is 8.71. The molecule has 0 unspecified atom stereocenters. The van der Waals surface area contributed by atoms with E-state index in [4.69, 9.17) is 0 Å². The third-order valence-corrected chi connectivity index (χ3v) is 6.97. The lowest BCUT2D eigenvalue weighted by molar-refractivity contribution is -0.383. The Hall–Kier alpha value is -2.78. The van der Waals surface area contributed by atoms with Gasteiger partial charge in [0.1, 0.15) is 5.69 Å². The minimum atomic E-state index is -3.66. The Morgan fingerprint density at radius 1 is 1.17 bits per heavy atom. The molecule has 2 aromatic rings. The van der Waals surface area contributed by atoms with Gasteiger partial charge in [-0.15, -0.1) is 0 Å². The van der Waals surface area contributed by atoms with Crippen LogP contribution in [0, 0.1) is 16.0 Å². The number of nitrogens with zero attached hydrogens (tertiary/aromatic N) is 2. The first kappa shape index (κ1) is 20.9. The summed E-state index contributed by atoms with van der Waals surface area (Å²) in [7, 11) is -3.66. The van der Waals surface area contributed by atoms with Gasteiger partial charge in [-0.25, -0.2) is 8.42 Å². The first-order chi connectivity index (χ1) is 13.8. The standard InChI is InChI=1S/C20H23N3O5S/c1-15-9-11-22(12-10-15)29(27,28)17-6-4-5-16(13-17)20(24)14-21-18-7-2-3-8-19(18)23(25)26/h2-8,13,15,21H,9-12,14H2,1H3. The van der Waals surface area contributed by atoms with Crippen molar-refractivity contribution in [3.8, 4) is 0 Å². The molecular weight excluding hydrogens is 394 g/mol. The van der Waals surface area contributed by atoms with Crippen molar-refractivity contribution in [1.29, 1.82) is 0 Å². The lowest BCUT2D eigenvalue weighted by Crippen LogP contribution is -2.37. The molecule has 2 aromatic carbocycles. The summed E-state index contributed by atoms with van der Waals surface area (Å²) in [5, 5.41) is 13.8. The summed E-state index contributed by atoms with van der Waals surface area (Å²) >= 11 is 0. The number of nitrogens with one attached hydrogen (secondary N) is 1. The van der Waals surface area contributed by atoms with Gasteiger partial charge in [0.2, 0.25) is 10.0 Å². The van der Waals surface area contributed by atoms with Gasteiger partial charge in [-0.1, -0.05) is 31.2 Å². The van der Waals surface area contributed by atoms with Gasteiger partial charge in [-0.2, -0.15) is 4.31 Å². The molecule has 3 rings (SSSR count). The van der Waals surface area contributed by atoms with E-state index in [0.717, 1.165) is 12.8 Å². The minimum absolute atomic E-state index is 0.0867. The summed E-state index contributed by atoms with van der Waals surface area (Å²) in [6.45, 7) is 2.87. The van der Waals surface area contributed by atoms with E-state index >= 15 is 0 Å². The Labute approximate surface area is 169 Å². The molecular formula is C20H23N3O5S. The first-order valence-corrected chi connectivity index (χ1v) is 10.8. The molecule has 1 heterocycles. The van der Waals surface area contributed by atoms with Crippen LogP contribution in [-0.2, 0) is 10.0 Å². The van der Waals surface area contributed by atoms with Crippen LogP contribution >= 0.6 is 0 Å². The lowest BCUT2D eigenvalue weighted by Gasteiger charge is -2.29. The van der Waals surface area contributed by atoms with E-state index in [1.165, 1.54) is 34.6 Å². The molecule has 0 atom stereocenters. The van der Waals surface area contributed by atoms with Crippen LogP contribution in [0.1, 0.15) is 30.1 Å². The molecule has 8 nitrogen and oxygen atoms in total. The summed E-state index contributed by atoms with van der Waals surface area (Å²) in [4.78, 5) is 23.2. The van der Waals surface area contributed by atoms with Crippen molar-refractivity contribution in [3.63, 3.8) is 0 Å². The van der Waals surface area contributed by atoms with Gasteiger partial charge in [0.05, 0.1) is 16.4 Å². The zero-order chi connectivity index (χ0) is 21.0. The van der Waals surface area contributed by atoms with Gasteiger partial charge in [0.25, 0.3) is 5.69 Å². The Balaban J connectivity index is 1.74. The second-order valence-electron chi connectivity index (χ2n) is 7.17. The SMILES string of the molecule is CC1CCN(S(=O)(=O)c2cccc(C(=O)CNc3ccccc3[N+](=O)[O-])c2)CC1. The molecule has 0 spiro atoms. The summed E-state index contributed by atoms with van der Waals surface area (Å²) in [6.07, 6.45) is 1.63. The monoisotopic (exact) mass is 417 g/mol. The fourth-order valence-electron chi connectivity index (χ4n) is 3.26. The molecule has 0 amide bonds. The van der Waals surface area contributed by atoms with E-state index in [1.807, 2.05) is 0 Å². The van der Waals surface area contributed by atoms with Gasteiger partial charge < -0.3 is 5.32 Å². The Morgan fingerprint density at radius 3 is 2.55 bits per heavy atom. The topological polar surface area (TPSA) is 110 Å². The number of carbonyl (C=O) groups excluding carboxylic acids is 1. The lowest BCUT2D eigenvalue weighted by atomic mass is 10.0. The number of nitro groups is 1. The number of hydrogen-bond acceptors (Lipinski definition) is 6. The van der Waals surface area contributed by atoms with Crippen LogP contribution in [0.4, 0.5) is 11.4 Å². The second-order valence-corrected chi connectivity index (χ2v) is 9.10. The summed E-state index contributed by atoms with van der Waals surface area (Å²) in [5.74, 6) is 0.148. The molecule has 0 bridgehead atoms. The van der Waals surface area contributed by atoms with Gasteiger partial charge in [-0.05, 0) is 37.0 Å². The third kappa shape index (κ3) is 4.80. The van der Waals surface area contributed by atoms with Crippen LogP contribution in [0.3, 0.4) is 0 Å². The third-order valence-electron chi connectivity index (χ3n) is 5.08. The Morgan fingerprint density at radius 2 is 1.86 bits per heavy atom. The highest BCUT2D eigenvalue weighted by molar-refractivity contribution is 7.89. The highest BCUT2D eigenvalue weighted by atomic mass is 32.2. The summed E-state index contributed by atoms with van der Waals surface area (Å²) in [5.41, 5.74) is 0.343. The molecule has 1 aliphatic heterocycles. The van der Waals surface area contributed by atoms with Crippen molar-refractivity contribution in [1.82, 2.24) is 4.31 Å². The molecule has 1 aliphatic rings. The predicted molar refractivity (Wildman–Crippen MR) is 110 cm³/mol. The Kier molecular flexibility index (Phi) is 6.29. The van der Waals surface area contributed by atoms with Crippen LogP contribution in [0.15, 0.2) is 53.4 Å². The number of para-hydroxylation sites is 2. The van der Waals surface area contributed by atoms with Crippen molar-refractivity contribution < 1.29 is 18.1 Å². The fraction of sp³-hybridized carbons (Fsp3) is 0.350. The number of sulfonamides is 1. The van der Waals surface area contributed by atoms with Crippen LogP contribution < -0.4 is 5.32 Å².